The average molecular weight is 265 g/mol. The van der Waals surface area contributed by atoms with Gasteiger partial charge in [0.05, 0.1) is 12.7 Å². The number of esters is 1. The van der Waals surface area contributed by atoms with Gasteiger partial charge in [0.15, 0.2) is 0 Å². The molecule has 2 heterocycles. The van der Waals surface area contributed by atoms with E-state index in [-0.39, 0.29) is 5.82 Å². The maximum Gasteiger partial charge on any atom is 0.376 e. The molecular weight excluding hydrogens is 246 g/mol. The van der Waals surface area contributed by atoms with Crippen molar-refractivity contribution in [2.75, 3.05) is 25.1 Å². The van der Waals surface area contributed by atoms with Gasteiger partial charge in [-0.05, 0) is 26.7 Å². The molecule has 0 aliphatic carbocycles. The number of rotatable bonds is 2. The number of aliphatic hydroxyl groups is 1. The third-order valence-corrected chi connectivity index (χ3v) is 3.21. The van der Waals surface area contributed by atoms with E-state index >= 15 is 0 Å². The number of aryl methyl sites for hydroxylation is 1. The van der Waals surface area contributed by atoms with Crippen LogP contribution in [0.25, 0.3) is 0 Å². The van der Waals surface area contributed by atoms with Crippen LogP contribution in [0.2, 0.25) is 0 Å². The van der Waals surface area contributed by atoms with E-state index in [0.717, 1.165) is 19.4 Å². The molecule has 1 aliphatic heterocycles. The monoisotopic (exact) mass is 265 g/mol. The second-order valence-corrected chi connectivity index (χ2v) is 5.20. The summed E-state index contributed by atoms with van der Waals surface area (Å²) in [7, 11) is 1.30. The van der Waals surface area contributed by atoms with Crippen LogP contribution >= 0.6 is 0 Å². The molecule has 1 unspecified atom stereocenters. The van der Waals surface area contributed by atoms with Gasteiger partial charge in [-0.1, -0.05) is 0 Å². The van der Waals surface area contributed by atoms with Crippen LogP contribution in [0.1, 0.15) is 36.1 Å². The van der Waals surface area contributed by atoms with Crippen LogP contribution in [0.4, 0.5) is 5.82 Å². The fourth-order valence-corrected chi connectivity index (χ4v) is 2.31. The largest absolute Gasteiger partial charge is 0.463 e. The minimum absolute atomic E-state index is 0.0581. The average Bonchev–Trinajstić information content (AvgIpc) is 2.36. The first-order valence-electron chi connectivity index (χ1n) is 6.33. The fraction of sp³-hybridized carbons (Fsp3) is 0.615. The number of anilines is 1. The second-order valence-electron chi connectivity index (χ2n) is 5.20. The summed E-state index contributed by atoms with van der Waals surface area (Å²) >= 11 is 0. The molecule has 0 amide bonds. The van der Waals surface area contributed by atoms with Crippen molar-refractivity contribution in [1.82, 2.24) is 9.97 Å². The molecule has 1 N–H and O–H groups in total. The Hall–Kier alpha value is -1.69. The molecule has 0 spiro atoms. The molecule has 6 heteroatoms. The number of aromatic nitrogens is 2. The number of ether oxygens (including phenoxy) is 1. The molecule has 1 saturated heterocycles. The standard InChI is InChI=1S/C13H19N3O3/c1-9-7-10(15-11(14-9)12(17)19-3)16-6-4-5-13(2,18)8-16/h7,18H,4-6,8H2,1-3H3. The highest BCUT2D eigenvalue weighted by molar-refractivity contribution is 5.85. The molecule has 0 bridgehead atoms. The van der Waals surface area contributed by atoms with Crippen LogP contribution in [0.15, 0.2) is 6.07 Å². The molecular formula is C13H19N3O3. The quantitative estimate of drug-likeness (QED) is 0.801. The van der Waals surface area contributed by atoms with Crippen molar-refractivity contribution in [1.29, 1.82) is 0 Å². The molecule has 6 nitrogen and oxygen atoms in total. The molecule has 1 aromatic heterocycles. The minimum Gasteiger partial charge on any atom is -0.463 e. The lowest BCUT2D eigenvalue weighted by molar-refractivity contribution is 0.0447. The molecule has 1 aromatic rings. The minimum atomic E-state index is -0.720. The van der Waals surface area contributed by atoms with Crippen molar-refractivity contribution in [3.63, 3.8) is 0 Å². The Morgan fingerprint density at radius 3 is 2.89 bits per heavy atom. The van der Waals surface area contributed by atoms with Gasteiger partial charge in [-0.25, -0.2) is 14.8 Å². The Morgan fingerprint density at radius 2 is 2.26 bits per heavy atom. The van der Waals surface area contributed by atoms with E-state index in [1.165, 1.54) is 7.11 Å². The van der Waals surface area contributed by atoms with Crippen molar-refractivity contribution in [2.45, 2.75) is 32.3 Å². The molecule has 2 rings (SSSR count). The van der Waals surface area contributed by atoms with E-state index < -0.39 is 11.6 Å². The topological polar surface area (TPSA) is 75.5 Å². The van der Waals surface area contributed by atoms with Crippen LogP contribution in [-0.2, 0) is 4.74 Å². The lowest BCUT2D eigenvalue weighted by Gasteiger charge is -2.37. The van der Waals surface area contributed by atoms with E-state index in [0.29, 0.717) is 18.1 Å². The zero-order valence-electron chi connectivity index (χ0n) is 11.5. The second kappa shape index (κ2) is 5.13. The molecule has 1 fully saturated rings. The maximum absolute atomic E-state index is 11.5. The summed E-state index contributed by atoms with van der Waals surface area (Å²) in [6, 6.07) is 1.81. The van der Waals surface area contributed by atoms with Gasteiger partial charge in [-0.2, -0.15) is 0 Å². The van der Waals surface area contributed by atoms with Gasteiger partial charge in [0.2, 0.25) is 5.82 Å². The summed E-state index contributed by atoms with van der Waals surface area (Å²) in [5, 5.41) is 10.1. The SMILES string of the molecule is COC(=O)c1nc(C)cc(N2CCCC(C)(O)C2)n1. The van der Waals surface area contributed by atoms with Crippen LogP contribution in [0.3, 0.4) is 0 Å². The Labute approximate surface area is 112 Å². The Morgan fingerprint density at radius 1 is 1.53 bits per heavy atom. The molecule has 1 atom stereocenters. The van der Waals surface area contributed by atoms with Crippen LogP contribution in [-0.4, -0.2) is 46.8 Å². The van der Waals surface area contributed by atoms with Crippen LogP contribution in [0.5, 0.6) is 0 Å². The summed E-state index contributed by atoms with van der Waals surface area (Å²) < 4.78 is 4.64. The van der Waals surface area contributed by atoms with Crippen molar-refractivity contribution in [2.24, 2.45) is 0 Å². The number of nitrogens with zero attached hydrogens (tertiary/aromatic N) is 3. The lowest BCUT2D eigenvalue weighted by Crippen LogP contribution is -2.46. The summed E-state index contributed by atoms with van der Waals surface area (Å²) in [6.07, 6.45) is 1.67. The van der Waals surface area contributed by atoms with E-state index in [2.05, 4.69) is 14.7 Å². The van der Waals surface area contributed by atoms with Gasteiger partial charge >= 0.3 is 5.97 Å². The van der Waals surface area contributed by atoms with E-state index in [1.54, 1.807) is 6.92 Å². The number of methoxy groups -OCH3 is 1. The van der Waals surface area contributed by atoms with Gasteiger partial charge in [0.25, 0.3) is 0 Å². The molecule has 0 radical (unpaired) electrons. The Balaban J connectivity index is 2.29. The van der Waals surface area contributed by atoms with Gasteiger partial charge in [0.1, 0.15) is 5.82 Å². The third kappa shape index (κ3) is 3.20. The normalized spacial score (nSPS) is 23.3. The van der Waals surface area contributed by atoms with Crippen molar-refractivity contribution < 1.29 is 14.6 Å². The van der Waals surface area contributed by atoms with E-state index in [4.69, 9.17) is 0 Å². The number of piperidine rings is 1. The molecule has 19 heavy (non-hydrogen) atoms. The predicted molar refractivity (Wildman–Crippen MR) is 70.2 cm³/mol. The van der Waals surface area contributed by atoms with Crippen molar-refractivity contribution in [3.8, 4) is 0 Å². The number of β-amino-alcohol motifs (C(OH)–C–C–N with tert-alkyl or cyclic N) is 1. The summed E-state index contributed by atoms with van der Waals surface area (Å²) in [6.45, 7) is 4.94. The van der Waals surface area contributed by atoms with Crippen LogP contribution < -0.4 is 4.90 Å². The summed E-state index contributed by atoms with van der Waals surface area (Å²) in [5.41, 5.74) is -0.0154. The third-order valence-electron chi connectivity index (χ3n) is 3.21. The zero-order chi connectivity index (χ0) is 14.0. The fourth-order valence-electron chi connectivity index (χ4n) is 2.31. The Bertz CT molecular complexity index is 488. The van der Waals surface area contributed by atoms with E-state index in [9.17, 15) is 9.90 Å². The van der Waals surface area contributed by atoms with Gasteiger partial charge in [-0.3, -0.25) is 0 Å². The van der Waals surface area contributed by atoms with E-state index in [1.807, 2.05) is 17.9 Å². The number of carbonyl (C=O) groups is 1. The first-order valence-corrected chi connectivity index (χ1v) is 6.33. The highest BCUT2D eigenvalue weighted by Gasteiger charge is 2.29. The molecule has 104 valence electrons. The zero-order valence-corrected chi connectivity index (χ0v) is 11.5. The highest BCUT2D eigenvalue weighted by Crippen LogP contribution is 2.24. The molecule has 1 aliphatic rings. The Kier molecular flexibility index (Phi) is 3.71. The van der Waals surface area contributed by atoms with Crippen molar-refractivity contribution in [3.05, 3.63) is 17.6 Å². The maximum atomic E-state index is 11.5. The highest BCUT2D eigenvalue weighted by atomic mass is 16.5. The van der Waals surface area contributed by atoms with Crippen LogP contribution in [0, 0.1) is 6.92 Å². The first-order chi connectivity index (χ1) is 8.91. The number of hydrogen-bond donors (Lipinski definition) is 1. The predicted octanol–water partition coefficient (Wildman–Crippen LogP) is 0.923. The van der Waals surface area contributed by atoms with Crippen molar-refractivity contribution >= 4 is 11.8 Å². The lowest BCUT2D eigenvalue weighted by atomic mass is 9.95. The smallest absolute Gasteiger partial charge is 0.376 e. The number of hydrogen-bond acceptors (Lipinski definition) is 6. The number of carbonyl (C=O) groups excluding carboxylic acids is 1. The summed E-state index contributed by atoms with van der Waals surface area (Å²) in [5.74, 6) is 0.171. The van der Waals surface area contributed by atoms with Gasteiger partial charge < -0.3 is 14.7 Å². The summed E-state index contributed by atoms with van der Waals surface area (Å²) in [4.78, 5) is 21.8. The van der Waals surface area contributed by atoms with Gasteiger partial charge in [-0.15, -0.1) is 0 Å². The first kappa shape index (κ1) is 13.7. The molecule has 0 saturated carbocycles. The van der Waals surface area contributed by atoms with Gasteiger partial charge in [0, 0.05) is 24.8 Å². The molecule has 0 aromatic carbocycles.